The maximum absolute atomic E-state index is 9.07. The minimum atomic E-state index is 0.550. The lowest BCUT2D eigenvalue weighted by atomic mass is 10.2. The molecule has 0 saturated carbocycles. The van der Waals surface area contributed by atoms with Crippen LogP contribution in [-0.4, -0.2) is 17.0 Å². The van der Waals surface area contributed by atoms with Crippen molar-refractivity contribution in [3.8, 4) is 6.07 Å². The van der Waals surface area contributed by atoms with Gasteiger partial charge in [0, 0.05) is 17.6 Å². The normalized spacial score (nSPS) is 9.61. The lowest BCUT2D eigenvalue weighted by Gasteiger charge is -2.08. The fourth-order valence-corrected chi connectivity index (χ4v) is 1.78. The van der Waals surface area contributed by atoms with E-state index >= 15 is 0 Å². The summed E-state index contributed by atoms with van der Waals surface area (Å²) in [7, 11) is 1.78. The largest absolute Gasteiger partial charge is 0.373 e. The van der Waals surface area contributed by atoms with Crippen LogP contribution in [0, 0.1) is 11.3 Å². The van der Waals surface area contributed by atoms with Gasteiger partial charge in [0.05, 0.1) is 11.3 Å². The summed E-state index contributed by atoms with van der Waals surface area (Å²) in [6.45, 7) is 0. The standard InChI is InChI=1S/C12H10BrN5/c1-15-11-5-12(17-7-16-11)18-10-3-2-9(13)4-8(10)6-14/h2-5,7H,1H3,(H2,15,16,17,18). The third-order valence-corrected chi connectivity index (χ3v) is 2.78. The molecule has 0 fully saturated rings. The molecule has 6 heteroatoms. The number of halogens is 1. The van der Waals surface area contributed by atoms with Crippen molar-refractivity contribution < 1.29 is 0 Å². The Balaban J connectivity index is 2.31. The summed E-state index contributed by atoms with van der Waals surface area (Å²) in [5, 5.41) is 15.1. The molecule has 0 atom stereocenters. The number of nitriles is 1. The van der Waals surface area contributed by atoms with Gasteiger partial charge >= 0.3 is 0 Å². The molecular formula is C12H10BrN5. The van der Waals surface area contributed by atoms with Crippen molar-refractivity contribution in [2.45, 2.75) is 0 Å². The van der Waals surface area contributed by atoms with E-state index < -0.39 is 0 Å². The Bertz CT molecular complexity index is 606. The second-order valence-electron chi connectivity index (χ2n) is 3.47. The van der Waals surface area contributed by atoms with Crippen molar-refractivity contribution in [1.29, 1.82) is 5.26 Å². The molecule has 0 saturated heterocycles. The van der Waals surface area contributed by atoms with Crippen molar-refractivity contribution in [2.24, 2.45) is 0 Å². The zero-order chi connectivity index (χ0) is 13.0. The fraction of sp³-hybridized carbons (Fsp3) is 0.0833. The molecule has 5 nitrogen and oxygen atoms in total. The van der Waals surface area contributed by atoms with Gasteiger partial charge in [0.15, 0.2) is 0 Å². The highest BCUT2D eigenvalue weighted by atomic mass is 79.9. The van der Waals surface area contributed by atoms with Gasteiger partial charge in [0.2, 0.25) is 0 Å². The van der Waals surface area contributed by atoms with E-state index in [1.165, 1.54) is 6.33 Å². The van der Waals surface area contributed by atoms with Crippen molar-refractivity contribution in [2.75, 3.05) is 17.7 Å². The van der Waals surface area contributed by atoms with Crippen LogP contribution >= 0.6 is 15.9 Å². The highest BCUT2D eigenvalue weighted by Crippen LogP contribution is 2.23. The Hall–Kier alpha value is -2.13. The quantitative estimate of drug-likeness (QED) is 0.912. The fourth-order valence-electron chi connectivity index (χ4n) is 1.42. The average molecular weight is 304 g/mol. The minimum absolute atomic E-state index is 0.550. The van der Waals surface area contributed by atoms with E-state index in [1.807, 2.05) is 12.1 Å². The highest BCUT2D eigenvalue weighted by Gasteiger charge is 2.04. The molecule has 0 bridgehead atoms. The van der Waals surface area contributed by atoms with Crippen LogP contribution in [0.2, 0.25) is 0 Å². The Morgan fingerprint density at radius 2 is 2.00 bits per heavy atom. The van der Waals surface area contributed by atoms with E-state index in [4.69, 9.17) is 5.26 Å². The number of benzene rings is 1. The van der Waals surface area contributed by atoms with E-state index in [2.05, 4.69) is 42.6 Å². The van der Waals surface area contributed by atoms with Crippen LogP contribution in [0.5, 0.6) is 0 Å². The van der Waals surface area contributed by atoms with Crippen LogP contribution in [0.3, 0.4) is 0 Å². The maximum Gasteiger partial charge on any atom is 0.135 e. The topological polar surface area (TPSA) is 73.6 Å². The zero-order valence-electron chi connectivity index (χ0n) is 9.61. The number of hydrogen-bond donors (Lipinski definition) is 2. The molecule has 2 aromatic rings. The van der Waals surface area contributed by atoms with E-state index in [-0.39, 0.29) is 0 Å². The summed E-state index contributed by atoms with van der Waals surface area (Å²) in [6.07, 6.45) is 1.46. The molecule has 0 aliphatic rings. The number of anilines is 3. The van der Waals surface area contributed by atoms with Gasteiger partial charge in [0.25, 0.3) is 0 Å². The number of aromatic nitrogens is 2. The number of nitrogens with one attached hydrogen (secondary N) is 2. The SMILES string of the molecule is CNc1cc(Nc2ccc(Br)cc2C#N)ncn1. The highest BCUT2D eigenvalue weighted by molar-refractivity contribution is 9.10. The Morgan fingerprint density at radius 3 is 2.72 bits per heavy atom. The van der Waals surface area contributed by atoms with E-state index in [1.54, 1.807) is 19.2 Å². The molecule has 2 N–H and O–H groups in total. The molecule has 0 amide bonds. The van der Waals surface area contributed by atoms with Gasteiger partial charge in [-0.1, -0.05) is 15.9 Å². The predicted octanol–water partition coefficient (Wildman–Crippen LogP) is 2.90. The van der Waals surface area contributed by atoms with Crippen LogP contribution in [-0.2, 0) is 0 Å². The maximum atomic E-state index is 9.07. The molecule has 0 radical (unpaired) electrons. The van der Waals surface area contributed by atoms with Crippen LogP contribution < -0.4 is 10.6 Å². The van der Waals surface area contributed by atoms with Gasteiger partial charge in [-0.2, -0.15) is 5.26 Å². The molecule has 0 aliphatic carbocycles. The van der Waals surface area contributed by atoms with Crippen molar-refractivity contribution in [3.05, 3.63) is 40.6 Å². The molecule has 90 valence electrons. The number of nitrogens with zero attached hydrogens (tertiary/aromatic N) is 3. The number of hydrogen-bond acceptors (Lipinski definition) is 5. The molecule has 1 aromatic carbocycles. The van der Waals surface area contributed by atoms with Gasteiger partial charge < -0.3 is 10.6 Å². The third kappa shape index (κ3) is 2.76. The summed E-state index contributed by atoms with van der Waals surface area (Å²) < 4.78 is 0.864. The molecule has 1 aromatic heterocycles. The van der Waals surface area contributed by atoms with Gasteiger partial charge in [-0.05, 0) is 18.2 Å². The molecule has 2 rings (SSSR count). The lowest BCUT2D eigenvalue weighted by molar-refractivity contribution is 1.16. The summed E-state index contributed by atoms with van der Waals surface area (Å²) in [5.74, 6) is 1.34. The molecular weight excluding hydrogens is 294 g/mol. The summed E-state index contributed by atoms with van der Waals surface area (Å²) in [4.78, 5) is 8.12. The van der Waals surface area contributed by atoms with Gasteiger partial charge in [-0.25, -0.2) is 9.97 Å². The van der Waals surface area contributed by atoms with E-state index in [0.717, 1.165) is 4.47 Å². The molecule has 0 aliphatic heterocycles. The first-order valence-electron chi connectivity index (χ1n) is 5.19. The van der Waals surface area contributed by atoms with Gasteiger partial charge in [0.1, 0.15) is 24.0 Å². The van der Waals surface area contributed by atoms with Gasteiger partial charge in [-0.3, -0.25) is 0 Å². The Labute approximate surface area is 113 Å². The van der Waals surface area contributed by atoms with E-state index in [9.17, 15) is 0 Å². The molecule has 0 unspecified atom stereocenters. The number of rotatable bonds is 3. The summed E-state index contributed by atoms with van der Waals surface area (Å²) >= 11 is 3.33. The van der Waals surface area contributed by atoms with E-state index in [0.29, 0.717) is 22.9 Å². The first-order valence-corrected chi connectivity index (χ1v) is 5.98. The summed E-state index contributed by atoms with van der Waals surface area (Å²) in [6, 6.07) is 9.34. The molecule has 18 heavy (non-hydrogen) atoms. The van der Waals surface area contributed by atoms with Crippen LogP contribution in [0.25, 0.3) is 0 Å². The van der Waals surface area contributed by atoms with Crippen molar-refractivity contribution in [1.82, 2.24) is 9.97 Å². The predicted molar refractivity (Wildman–Crippen MR) is 73.7 cm³/mol. The first-order chi connectivity index (χ1) is 8.72. The summed E-state index contributed by atoms with van der Waals surface area (Å²) in [5.41, 5.74) is 1.26. The van der Waals surface area contributed by atoms with Crippen molar-refractivity contribution in [3.63, 3.8) is 0 Å². The Kier molecular flexibility index (Phi) is 3.75. The Morgan fingerprint density at radius 1 is 1.22 bits per heavy atom. The molecule has 1 heterocycles. The smallest absolute Gasteiger partial charge is 0.135 e. The molecule has 0 spiro atoms. The van der Waals surface area contributed by atoms with Crippen LogP contribution in [0.4, 0.5) is 17.3 Å². The first kappa shape index (κ1) is 12.3. The minimum Gasteiger partial charge on any atom is -0.373 e. The zero-order valence-corrected chi connectivity index (χ0v) is 11.2. The average Bonchev–Trinajstić information content (AvgIpc) is 2.41. The van der Waals surface area contributed by atoms with Crippen LogP contribution in [0.15, 0.2) is 35.1 Å². The second-order valence-corrected chi connectivity index (χ2v) is 4.38. The monoisotopic (exact) mass is 303 g/mol. The van der Waals surface area contributed by atoms with Gasteiger partial charge in [-0.15, -0.1) is 0 Å². The lowest BCUT2D eigenvalue weighted by Crippen LogP contribution is -1.99. The second kappa shape index (κ2) is 5.47. The van der Waals surface area contributed by atoms with Crippen LogP contribution in [0.1, 0.15) is 5.56 Å². The third-order valence-electron chi connectivity index (χ3n) is 2.29. The van der Waals surface area contributed by atoms with Crippen molar-refractivity contribution >= 4 is 33.3 Å².